The van der Waals surface area contributed by atoms with Crippen molar-refractivity contribution in [1.82, 2.24) is 0 Å². The lowest BCUT2D eigenvalue weighted by atomic mass is 10.2. The second-order valence-corrected chi connectivity index (χ2v) is 4.65. The highest BCUT2D eigenvalue weighted by atomic mass is 79.9. The van der Waals surface area contributed by atoms with Gasteiger partial charge in [-0.2, -0.15) is 0 Å². The zero-order chi connectivity index (χ0) is 14.0. The molecule has 0 aliphatic carbocycles. The first-order valence-corrected chi connectivity index (χ1v) is 6.09. The lowest BCUT2D eigenvalue weighted by Gasteiger charge is -2.10. The molecule has 0 fully saturated rings. The van der Waals surface area contributed by atoms with E-state index >= 15 is 0 Å². The molecule has 6 heteroatoms. The molecule has 0 heterocycles. The first-order chi connectivity index (χ1) is 8.97. The summed E-state index contributed by atoms with van der Waals surface area (Å²) in [6.07, 6.45) is 0. The van der Waals surface area contributed by atoms with Gasteiger partial charge >= 0.3 is 0 Å². The van der Waals surface area contributed by atoms with E-state index in [1.807, 2.05) is 0 Å². The topological polar surface area (TPSA) is 78.3 Å². The predicted molar refractivity (Wildman–Crippen MR) is 73.5 cm³/mol. The Morgan fingerprint density at radius 3 is 2.42 bits per heavy atom. The van der Waals surface area contributed by atoms with Gasteiger partial charge < -0.3 is 16.2 Å². The number of nitrogen functional groups attached to an aromatic ring is 1. The van der Waals surface area contributed by atoms with E-state index in [4.69, 9.17) is 16.2 Å². The van der Waals surface area contributed by atoms with Gasteiger partial charge in [0.25, 0.3) is 0 Å². The quantitative estimate of drug-likeness (QED) is 0.851. The van der Waals surface area contributed by atoms with Crippen molar-refractivity contribution in [2.45, 2.75) is 0 Å². The van der Waals surface area contributed by atoms with E-state index in [1.165, 1.54) is 36.4 Å². The Morgan fingerprint density at radius 2 is 1.84 bits per heavy atom. The third-order valence-corrected chi connectivity index (χ3v) is 3.03. The molecule has 0 spiro atoms. The van der Waals surface area contributed by atoms with Crippen molar-refractivity contribution in [3.63, 3.8) is 0 Å². The highest BCUT2D eigenvalue weighted by molar-refractivity contribution is 9.10. The standard InChI is InChI=1S/C13H10BrFN2O2/c14-9-6-8(15)2-4-11(9)19-12-3-1-7(13(17)18)5-10(12)16/h1-6H,16H2,(H2,17,18). The number of carbonyl (C=O) groups excluding carboxylic acids is 1. The van der Waals surface area contributed by atoms with Crippen LogP contribution in [0, 0.1) is 5.82 Å². The summed E-state index contributed by atoms with van der Waals surface area (Å²) in [4.78, 5) is 11.0. The fraction of sp³-hybridized carbons (Fsp3) is 0. The van der Waals surface area contributed by atoms with Gasteiger partial charge in [0.1, 0.15) is 17.3 Å². The van der Waals surface area contributed by atoms with Crippen LogP contribution in [0.3, 0.4) is 0 Å². The number of amides is 1. The molecule has 0 aliphatic rings. The predicted octanol–water partition coefficient (Wildman–Crippen LogP) is 3.06. The number of hydrogen-bond acceptors (Lipinski definition) is 3. The Balaban J connectivity index is 2.31. The van der Waals surface area contributed by atoms with Gasteiger partial charge in [0.2, 0.25) is 5.91 Å². The Morgan fingerprint density at radius 1 is 1.16 bits per heavy atom. The van der Waals surface area contributed by atoms with Gasteiger partial charge in [-0.05, 0) is 52.3 Å². The fourth-order valence-electron chi connectivity index (χ4n) is 1.47. The van der Waals surface area contributed by atoms with Crippen molar-refractivity contribution >= 4 is 27.5 Å². The zero-order valence-corrected chi connectivity index (χ0v) is 11.3. The molecule has 0 bridgehead atoms. The molecular formula is C13H10BrFN2O2. The number of anilines is 1. The number of primary amides is 1. The SMILES string of the molecule is NC(=O)c1ccc(Oc2ccc(F)cc2Br)c(N)c1. The normalized spacial score (nSPS) is 10.2. The number of nitrogens with two attached hydrogens (primary N) is 2. The van der Waals surface area contributed by atoms with E-state index < -0.39 is 5.91 Å². The molecule has 2 aromatic carbocycles. The van der Waals surface area contributed by atoms with Crippen molar-refractivity contribution in [2.75, 3.05) is 5.73 Å². The number of halogens is 2. The zero-order valence-electron chi connectivity index (χ0n) is 9.69. The molecule has 4 N–H and O–H groups in total. The second kappa shape index (κ2) is 5.27. The van der Waals surface area contributed by atoms with Gasteiger partial charge in [0.05, 0.1) is 10.2 Å². The second-order valence-electron chi connectivity index (χ2n) is 3.79. The van der Waals surface area contributed by atoms with E-state index in [2.05, 4.69) is 15.9 Å². The van der Waals surface area contributed by atoms with Crippen LogP contribution in [-0.4, -0.2) is 5.91 Å². The van der Waals surface area contributed by atoms with Gasteiger partial charge in [-0.1, -0.05) is 0 Å². The molecule has 98 valence electrons. The largest absolute Gasteiger partial charge is 0.454 e. The van der Waals surface area contributed by atoms with Crippen molar-refractivity contribution in [2.24, 2.45) is 5.73 Å². The molecule has 0 saturated carbocycles. The van der Waals surface area contributed by atoms with Gasteiger partial charge in [-0.25, -0.2) is 4.39 Å². The van der Waals surface area contributed by atoms with Crippen LogP contribution in [0.2, 0.25) is 0 Å². The van der Waals surface area contributed by atoms with Crippen LogP contribution < -0.4 is 16.2 Å². The summed E-state index contributed by atoms with van der Waals surface area (Å²) in [5, 5.41) is 0. The minimum atomic E-state index is -0.568. The average Bonchev–Trinajstić information content (AvgIpc) is 2.34. The smallest absolute Gasteiger partial charge is 0.248 e. The van der Waals surface area contributed by atoms with Gasteiger partial charge in [0, 0.05) is 5.56 Å². The maximum atomic E-state index is 12.9. The van der Waals surface area contributed by atoms with Crippen molar-refractivity contribution in [1.29, 1.82) is 0 Å². The van der Waals surface area contributed by atoms with Crippen LogP contribution in [0.5, 0.6) is 11.5 Å². The first kappa shape index (κ1) is 13.4. The molecule has 0 unspecified atom stereocenters. The first-order valence-electron chi connectivity index (χ1n) is 5.29. The van der Waals surface area contributed by atoms with Crippen molar-refractivity contribution < 1.29 is 13.9 Å². The molecule has 0 aromatic heterocycles. The van der Waals surface area contributed by atoms with Crippen LogP contribution >= 0.6 is 15.9 Å². The summed E-state index contributed by atoms with van der Waals surface area (Å²) in [6.45, 7) is 0. The number of benzene rings is 2. The van der Waals surface area contributed by atoms with Crippen molar-refractivity contribution in [3.8, 4) is 11.5 Å². The lowest BCUT2D eigenvalue weighted by molar-refractivity contribution is 0.100. The summed E-state index contributed by atoms with van der Waals surface area (Å²) in [6, 6.07) is 8.49. The van der Waals surface area contributed by atoms with Crippen LogP contribution in [0.15, 0.2) is 40.9 Å². The van der Waals surface area contributed by atoms with Crippen LogP contribution in [0.4, 0.5) is 10.1 Å². The van der Waals surface area contributed by atoms with Gasteiger partial charge in [-0.3, -0.25) is 4.79 Å². The van der Waals surface area contributed by atoms with Crippen LogP contribution in [0.1, 0.15) is 10.4 Å². The summed E-state index contributed by atoms with van der Waals surface area (Å²) in [7, 11) is 0. The summed E-state index contributed by atoms with van der Waals surface area (Å²) in [5.74, 6) is -0.172. The lowest BCUT2D eigenvalue weighted by Crippen LogP contribution is -2.11. The molecule has 0 aliphatic heterocycles. The number of ether oxygens (including phenoxy) is 1. The van der Waals surface area contributed by atoms with Gasteiger partial charge in [0.15, 0.2) is 0 Å². The summed E-state index contributed by atoms with van der Waals surface area (Å²) < 4.78 is 18.9. The highest BCUT2D eigenvalue weighted by Crippen LogP contribution is 2.33. The minimum Gasteiger partial charge on any atom is -0.454 e. The Hall–Kier alpha value is -2.08. The van der Waals surface area contributed by atoms with Crippen LogP contribution in [0.25, 0.3) is 0 Å². The summed E-state index contributed by atoms with van der Waals surface area (Å²) in [5.41, 5.74) is 11.5. The number of carbonyl (C=O) groups is 1. The Labute approximate surface area is 117 Å². The fourth-order valence-corrected chi connectivity index (χ4v) is 1.90. The molecule has 2 aromatic rings. The van der Waals surface area contributed by atoms with E-state index in [0.29, 0.717) is 21.5 Å². The third kappa shape index (κ3) is 3.03. The van der Waals surface area contributed by atoms with Crippen LogP contribution in [-0.2, 0) is 0 Å². The van der Waals surface area contributed by atoms with Gasteiger partial charge in [-0.15, -0.1) is 0 Å². The molecule has 2 rings (SSSR count). The maximum Gasteiger partial charge on any atom is 0.248 e. The maximum absolute atomic E-state index is 12.9. The monoisotopic (exact) mass is 324 g/mol. The minimum absolute atomic E-state index is 0.271. The summed E-state index contributed by atoms with van der Waals surface area (Å²) >= 11 is 3.19. The number of hydrogen-bond donors (Lipinski definition) is 2. The molecule has 1 amide bonds. The Kier molecular flexibility index (Phi) is 3.71. The molecule has 0 saturated heterocycles. The molecule has 0 atom stereocenters. The van der Waals surface area contributed by atoms with E-state index in [0.717, 1.165) is 0 Å². The third-order valence-electron chi connectivity index (χ3n) is 2.41. The average molecular weight is 325 g/mol. The highest BCUT2D eigenvalue weighted by Gasteiger charge is 2.09. The Bertz CT molecular complexity index is 647. The van der Waals surface area contributed by atoms with Crippen molar-refractivity contribution in [3.05, 3.63) is 52.3 Å². The van der Waals surface area contributed by atoms with E-state index in [-0.39, 0.29) is 11.5 Å². The molecule has 4 nitrogen and oxygen atoms in total. The molecule has 0 radical (unpaired) electrons. The van der Waals surface area contributed by atoms with E-state index in [9.17, 15) is 9.18 Å². The molecular weight excluding hydrogens is 315 g/mol. The number of rotatable bonds is 3. The molecule has 19 heavy (non-hydrogen) atoms. The van der Waals surface area contributed by atoms with E-state index in [1.54, 1.807) is 0 Å².